The lowest BCUT2D eigenvalue weighted by Crippen LogP contribution is -2.36. The van der Waals surface area contributed by atoms with Crippen LogP contribution < -0.4 is 26.2 Å². The Morgan fingerprint density at radius 1 is 1.14 bits per heavy atom. The van der Waals surface area contributed by atoms with E-state index >= 15 is 0 Å². The van der Waals surface area contributed by atoms with Gasteiger partial charge in [0.25, 0.3) is 5.56 Å². The zero-order valence-corrected chi connectivity index (χ0v) is 27.0. The number of aromatic nitrogens is 5. The highest BCUT2D eigenvalue weighted by Crippen LogP contribution is 2.36. The standard InChI is InChI=1S/C33H32ClF3N8O4/c1-43-29-28(34)27(49-26(17-38)24-16-23(7-8-39-24)44-9-12-47-13-10-44)18-40-30(29)42-32(43)41-25-15-22(33(35,36)37)19-45(31(25)46)11-14-48-20-21-5-3-2-4-6-21/h2-8,15-19H,9-14,20,38H2,1H3,(H,40,41,42). The monoisotopic (exact) mass is 696 g/mol. The SMILES string of the molecule is Cn1c(Nc2cc(C(F)(F)F)cn(CCOCc3ccccc3)c2=O)nc2ncc(OC(=CN)c3cc(N4CCOCC4)ccn3)c(Cl)c21. The fraction of sp³-hybridized carbons (Fsp3) is 0.273. The molecule has 1 saturated heterocycles. The van der Waals surface area contributed by atoms with E-state index in [2.05, 4.69) is 25.2 Å². The molecule has 256 valence electrons. The summed E-state index contributed by atoms with van der Waals surface area (Å²) in [6, 6.07) is 13.8. The Morgan fingerprint density at radius 2 is 1.92 bits per heavy atom. The molecule has 0 unspecified atom stereocenters. The summed E-state index contributed by atoms with van der Waals surface area (Å²) in [6.45, 7) is 2.84. The first-order valence-electron chi connectivity index (χ1n) is 15.2. The third-order valence-electron chi connectivity index (χ3n) is 7.80. The Balaban J connectivity index is 1.24. The molecule has 3 N–H and O–H groups in total. The van der Waals surface area contributed by atoms with Crippen molar-refractivity contribution in [1.82, 2.24) is 24.1 Å². The van der Waals surface area contributed by atoms with Gasteiger partial charge in [0.1, 0.15) is 21.9 Å². The van der Waals surface area contributed by atoms with Crippen LogP contribution in [0.5, 0.6) is 5.75 Å². The zero-order chi connectivity index (χ0) is 34.5. The van der Waals surface area contributed by atoms with Crippen molar-refractivity contribution in [2.75, 3.05) is 43.1 Å². The first kappa shape index (κ1) is 33.8. The molecule has 0 saturated carbocycles. The van der Waals surface area contributed by atoms with Gasteiger partial charge in [0.2, 0.25) is 5.95 Å². The number of aryl methyl sites for hydroxylation is 1. The number of morpholine rings is 1. The molecule has 12 nitrogen and oxygen atoms in total. The molecular weight excluding hydrogens is 665 g/mol. The number of rotatable bonds is 11. The number of hydrogen-bond acceptors (Lipinski definition) is 10. The fourth-order valence-electron chi connectivity index (χ4n) is 5.25. The number of pyridine rings is 3. The molecule has 16 heteroatoms. The molecule has 1 aromatic carbocycles. The van der Waals surface area contributed by atoms with Gasteiger partial charge in [-0.05, 0) is 23.8 Å². The van der Waals surface area contributed by atoms with Crippen LogP contribution >= 0.6 is 11.6 Å². The Kier molecular flexibility index (Phi) is 10.0. The molecule has 1 fully saturated rings. The van der Waals surface area contributed by atoms with Crippen molar-refractivity contribution in [3.8, 4) is 5.75 Å². The van der Waals surface area contributed by atoms with Gasteiger partial charge in [-0.1, -0.05) is 41.9 Å². The van der Waals surface area contributed by atoms with Gasteiger partial charge >= 0.3 is 6.18 Å². The second-order valence-electron chi connectivity index (χ2n) is 11.0. The number of anilines is 3. The van der Waals surface area contributed by atoms with Gasteiger partial charge in [0, 0.05) is 51.0 Å². The summed E-state index contributed by atoms with van der Waals surface area (Å²) in [4.78, 5) is 28.6. The number of imidazole rings is 1. The van der Waals surface area contributed by atoms with Crippen LogP contribution in [0.15, 0.2) is 78.1 Å². The molecule has 0 atom stereocenters. The number of nitrogens with two attached hydrogens (primary N) is 1. The topological polar surface area (TPSA) is 135 Å². The molecule has 0 bridgehead atoms. The van der Waals surface area contributed by atoms with E-state index in [9.17, 15) is 18.0 Å². The fourth-order valence-corrected chi connectivity index (χ4v) is 5.55. The van der Waals surface area contributed by atoms with Crippen molar-refractivity contribution in [2.24, 2.45) is 12.8 Å². The highest BCUT2D eigenvalue weighted by atomic mass is 35.5. The van der Waals surface area contributed by atoms with Gasteiger partial charge < -0.3 is 39.3 Å². The lowest BCUT2D eigenvalue weighted by atomic mass is 10.2. The van der Waals surface area contributed by atoms with Crippen LogP contribution in [0.4, 0.5) is 30.5 Å². The first-order valence-corrected chi connectivity index (χ1v) is 15.6. The largest absolute Gasteiger partial charge is 0.450 e. The summed E-state index contributed by atoms with van der Waals surface area (Å²) in [6.07, 6.45) is 0.307. The molecule has 0 radical (unpaired) electrons. The number of alkyl halides is 3. The Morgan fingerprint density at radius 3 is 2.65 bits per heavy atom. The van der Waals surface area contributed by atoms with Crippen LogP contribution in [0, 0.1) is 0 Å². The van der Waals surface area contributed by atoms with Crippen molar-refractivity contribution in [3.05, 3.63) is 106 Å². The van der Waals surface area contributed by atoms with Crippen molar-refractivity contribution in [3.63, 3.8) is 0 Å². The molecule has 1 aliphatic heterocycles. The van der Waals surface area contributed by atoms with E-state index in [-0.39, 0.29) is 53.6 Å². The van der Waals surface area contributed by atoms with Gasteiger partial charge in [-0.15, -0.1) is 0 Å². The van der Waals surface area contributed by atoms with Crippen LogP contribution in [-0.2, 0) is 35.8 Å². The lowest BCUT2D eigenvalue weighted by Gasteiger charge is -2.29. The molecule has 0 aliphatic carbocycles. The van der Waals surface area contributed by atoms with Crippen LogP contribution in [0.2, 0.25) is 5.02 Å². The summed E-state index contributed by atoms with van der Waals surface area (Å²) in [5.74, 6) is 0.381. The molecule has 0 spiro atoms. The van der Waals surface area contributed by atoms with Gasteiger partial charge in [-0.3, -0.25) is 9.78 Å². The molecule has 1 aliphatic rings. The Labute approximate surface area is 283 Å². The smallest absolute Gasteiger partial charge is 0.417 e. The number of nitrogens with one attached hydrogen (secondary N) is 1. The molecule has 0 amide bonds. The maximum Gasteiger partial charge on any atom is 0.417 e. The summed E-state index contributed by atoms with van der Waals surface area (Å²) in [5, 5.41) is 2.85. The minimum atomic E-state index is -4.72. The third-order valence-corrected chi connectivity index (χ3v) is 8.16. The second-order valence-corrected chi connectivity index (χ2v) is 11.4. The van der Waals surface area contributed by atoms with Gasteiger partial charge in [-0.25, -0.2) is 4.98 Å². The predicted molar refractivity (Wildman–Crippen MR) is 179 cm³/mol. The van der Waals surface area contributed by atoms with Gasteiger partial charge in [0.05, 0.1) is 38.2 Å². The number of fused-ring (bicyclic) bond motifs is 1. The quantitative estimate of drug-likeness (QED) is 0.138. The van der Waals surface area contributed by atoms with E-state index in [1.54, 1.807) is 13.2 Å². The van der Waals surface area contributed by atoms with E-state index in [0.29, 0.717) is 24.4 Å². The highest BCUT2D eigenvalue weighted by molar-refractivity contribution is 6.36. The van der Waals surface area contributed by atoms with Crippen LogP contribution in [-0.4, -0.2) is 57.0 Å². The number of ether oxygens (including phenoxy) is 3. The van der Waals surface area contributed by atoms with Crippen molar-refractivity contribution in [2.45, 2.75) is 19.3 Å². The number of benzene rings is 1. The molecule has 4 aromatic heterocycles. The predicted octanol–water partition coefficient (Wildman–Crippen LogP) is 5.33. The average molecular weight is 697 g/mol. The zero-order valence-electron chi connectivity index (χ0n) is 26.3. The maximum atomic E-state index is 13.9. The molecular formula is C33H32ClF3N8O4. The number of hydrogen-bond donors (Lipinski definition) is 2. The number of halogens is 4. The molecule has 5 aromatic rings. The summed E-state index contributed by atoms with van der Waals surface area (Å²) in [5.41, 5.74) is 6.61. The summed E-state index contributed by atoms with van der Waals surface area (Å²) < 4.78 is 61.2. The number of nitrogens with zero attached hydrogens (tertiary/aromatic N) is 6. The van der Waals surface area contributed by atoms with E-state index in [1.165, 1.54) is 17.0 Å². The van der Waals surface area contributed by atoms with E-state index in [4.69, 9.17) is 31.5 Å². The lowest BCUT2D eigenvalue weighted by molar-refractivity contribution is -0.138. The van der Waals surface area contributed by atoms with Crippen molar-refractivity contribution in [1.29, 1.82) is 0 Å². The highest BCUT2D eigenvalue weighted by Gasteiger charge is 2.32. The Bertz CT molecular complexity index is 2030. The molecule has 5 heterocycles. The van der Waals surface area contributed by atoms with E-state index < -0.39 is 17.3 Å². The van der Waals surface area contributed by atoms with Crippen LogP contribution in [0.25, 0.3) is 16.9 Å². The minimum Gasteiger partial charge on any atom is -0.450 e. The first-order chi connectivity index (χ1) is 23.6. The summed E-state index contributed by atoms with van der Waals surface area (Å²) >= 11 is 6.77. The normalized spacial score (nSPS) is 14.0. The minimum absolute atomic E-state index is 0.0103. The van der Waals surface area contributed by atoms with Crippen LogP contribution in [0.1, 0.15) is 16.8 Å². The van der Waals surface area contributed by atoms with Crippen molar-refractivity contribution < 1.29 is 27.4 Å². The molecule has 6 rings (SSSR count). The molecule has 49 heavy (non-hydrogen) atoms. The third kappa shape index (κ3) is 7.63. The summed E-state index contributed by atoms with van der Waals surface area (Å²) in [7, 11) is 1.58. The van der Waals surface area contributed by atoms with Crippen molar-refractivity contribution >= 4 is 45.8 Å². The average Bonchev–Trinajstić information content (AvgIpc) is 3.43. The Hall–Kier alpha value is -5.12. The maximum absolute atomic E-state index is 13.9. The van der Waals surface area contributed by atoms with E-state index in [0.717, 1.165) is 41.2 Å². The van der Waals surface area contributed by atoms with Gasteiger partial charge in [-0.2, -0.15) is 18.2 Å². The van der Waals surface area contributed by atoms with Gasteiger partial charge in [0.15, 0.2) is 17.2 Å². The second kappa shape index (κ2) is 14.6. The van der Waals surface area contributed by atoms with Crippen LogP contribution in [0.3, 0.4) is 0 Å². The van der Waals surface area contributed by atoms with E-state index in [1.807, 2.05) is 42.5 Å².